The van der Waals surface area contributed by atoms with Crippen LogP contribution in [-0.4, -0.2) is 36.4 Å². The number of nitrogens with one attached hydrogen (secondary N) is 1. The van der Waals surface area contributed by atoms with Crippen LogP contribution in [0.1, 0.15) is 16.8 Å². The van der Waals surface area contributed by atoms with E-state index in [4.69, 9.17) is 5.11 Å². The Morgan fingerprint density at radius 1 is 1.42 bits per heavy atom. The number of anilines is 1. The number of thiophene rings is 1. The summed E-state index contributed by atoms with van der Waals surface area (Å²) in [5.41, 5.74) is -0.0606. The lowest BCUT2D eigenvalue weighted by Gasteiger charge is -2.07. The summed E-state index contributed by atoms with van der Waals surface area (Å²) in [4.78, 5) is 22.1. The summed E-state index contributed by atoms with van der Waals surface area (Å²) < 4.78 is 39.5. The first kappa shape index (κ1) is 15.4. The lowest BCUT2D eigenvalue weighted by molar-refractivity contribution is -0.174. The van der Waals surface area contributed by atoms with Crippen molar-refractivity contribution in [1.29, 1.82) is 0 Å². The monoisotopic (exact) mass is 297 g/mol. The van der Waals surface area contributed by atoms with Crippen LogP contribution in [-0.2, 0) is 9.53 Å². The Kier molecular flexibility index (Phi) is 5.31. The molecule has 0 bridgehead atoms. The normalized spacial score (nSPS) is 11.3. The first-order valence-electron chi connectivity index (χ1n) is 5.05. The number of alkyl halides is 3. The molecule has 0 aromatic carbocycles. The number of hydrogen-bond acceptors (Lipinski definition) is 4. The molecular formula is C10H10F3NO4S. The average molecular weight is 297 g/mol. The van der Waals surface area contributed by atoms with Gasteiger partial charge in [-0.1, -0.05) is 0 Å². The molecule has 0 saturated heterocycles. The average Bonchev–Trinajstić information content (AvgIpc) is 2.71. The number of carboxylic acid groups (broad SMARTS) is 1. The number of amides is 1. The molecule has 106 valence electrons. The highest BCUT2D eigenvalue weighted by atomic mass is 32.1. The van der Waals surface area contributed by atoms with E-state index in [2.05, 4.69) is 10.1 Å². The van der Waals surface area contributed by atoms with Gasteiger partial charge in [-0.2, -0.15) is 13.2 Å². The molecule has 1 heterocycles. The van der Waals surface area contributed by atoms with Crippen molar-refractivity contribution in [2.24, 2.45) is 0 Å². The third-order valence-corrected chi connectivity index (χ3v) is 2.72. The van der Waals surface area contributed by atoms with Crippen molar-refractivity contribution in [2.45, 2.75) is 12.6 Å². The van der Waals surface area contributed by atoms with E-state index in [9.17, 15) is 22.8 Å². The molecule has 0 radical (unpaired) electrons. The lowest BCUT2D eigenvalue weighted by atomic mass is 10.3. The van der Waals surface area contributed by atoms with Crippen LogP contribution < -0.4 is 5.32 Å². The van der Waals surface area contributed by atoms with Crippen molar-refractivity contribution in [3.63, 3.8) is 0 Å². The molecule has 0 unspecified atom stereocenters. The number of carbonyl (C=O) groups is 2. The fourth-order valence-corrected chi connectivity index (χ4v) is 1.91. The van der Waals surface area contributed by atoms with Crippen molar-refractivity contribution in [1.82, 2.24) is 0 Å². The number of aromatic carboxylic acids is 1. The van der Waals surface area contributed by atoms with Crippen LogP contribution in [0.25, 0.3) is 0 Å². The maximum Gasteiger partial charge on any atom is 0.411 e. The van der Waals surface area contributed by atoms with E-state index < -0.39 is 24.7 Å². The van der Waals surface area contributed by atoms with Crippen molar-refractivity contribution in [3.05, 3.63) is 17.0 Å². The van der Waals surface area contributed by atoms with Gasteiger partial charge in [-0.15, -0.1) is 11.3 Å². The fourth-order valence-electron chi connectivity index (χ4n) is 1.12. The third-order valence-electron chi connectivity index (χ3n) is 1.89. The minimum Gasteiger partial charge on any atom is -0.478 e. The highest BCUT2D eigenvalue weighted by molar-refractivity contribution is 7.14. The van der Waals surface area contributed by atoms with E-state index in [-0.39, 0.29) is 23.6 Å². The molecule has 0 fully saturated rings. The van der Waals surface area contributed by atoms with Gasteiger partial charge in [0.1, 0.15) is 11.6 Å². The second-order valence-corrected chi connectivity index (χ2v) is 4.35. The highest BCUT2D eigenvalue weighted by Gasteiger charge is 2.27. The molecule has 5 nitrogen and oxygen atoms in total. The molecule has 1 rings (SSSR count). The highest BCUT2D eigenvalue weighted by Crippen LogP contribution is 2.23. The molecule has 1 aromatic heterocycles. The number of rotatable bonds is 6. The van der Waals surface area contributed by atoms with Gasteiger partial charge >= 0.3 is 12.1 Å². The van der Waals surface area contributed by atoms with Gasteiger partial charge in [0.2, 0.25) is 5.91 Å². The van der Waals surface area contributed by atoms with Crippen LogP contribution in [0, 0.1) is 0 Å². The van der Waals surface area contributed by atoms with E-state index in [0.29, 0.717) is 0 Å². The van der Waals surface area contributed by atoms with Gasteiger partial charge in [0.15, 0.2) is 0 Å². The van der Waals surface area contributed by atoms with E-state index in [0.717, 1.165) is 11.3 Å². The SMILES string of the molecule is O=C(CCOCC(F)(F)F)Nc1sccc1C(=O)O. The summed E-state index contributed by atoms with van der Waals surface area (Å²) in [6.07, 6.45) is -4.71. The molecule has 0 atom stereocenters. The molecule has 1 aromatic rings. The minimum absolute atomic E-state index is 0.0606. The maximum absolute atomic E-state index is 11.7. The molecule has 0 spiro atoms. The predicted molar refractivity (Wildman–Crippen MR) is 61.4 cm³/mol. The second-order valence-electron chi connectivity index (χ2n) is 3.43. The molecule has 9 heteroatoms. The lowest BCUT2D eigenvalue weighted by Crippen LogP contribution is -2.20. The Morgan fingerprint density at radius 2 is 2.11 bits per heavy atom. The minimum atomic E-state index is -4.43. The Morgan fingerprint density at radius 3 is 2.68 bits per heavy atom. The van der Waals surface area contributed by atoms with E-state index in [1.165, 1.54) is 11.4 Å². The topological polar surface area (TPSA) is 75.6 Å². The summed E-state index contributed by atoms with van der Waals surface area (Å²) in [7, 11) is 0. The van der Waals surface area contributed by atoms with Gasteiger partial charge in [-0.3, -0.25) is 4.79 Å². The Hall–Kier alpha value is -1.61. The fraction of sp³-hybridized carbons (Fsp3) is 0.400. The van der Waals surface area contributed by atoms with Crippen molar-refractivity contribution >= 4 is 28.2 Å². The van der Waals surface area contributed by atoms with E-state index in [1.807, 2.05) is 0 Å². The summed E-state index contributed by atoms with van der Waals surface area (Å²) in [6.45, 7) is -1.81. The molecule has 2 N–H and O–H groups in total. The molecule has 0 aliphatic heterocycles. The van der Waals surface area contributed by atoms with Crippen LogP contribution in [0.4, 0.5) is 18.2 Å². The maximum atomic E-state index is 11.7. The van der Waals surface area contributed by atoms with Crippen LogP contribution >= 0.6 is 11.3 Å². The van der Waals surface area contributed by atoms with Crippen LogP contribution in [0.5, 0.6) is 0 Å². The third kappa shape index (κ3) is 5.71. The van der Waals surface area contributed by atoms with Gasteiger partial charge in [0.05, 0.1) is 18.6 Å². The molecule has 0 aliphatic rings. The molecule has 0 saturated carbocycles. The Balaban J connectivity index is 2.35. The predicted octanol–water partition coefficient (Wildman–Crippen LogP) is 2.35. The Bertz CT molecular complexity index is 458. The zero-order chi connectivity index (χ0) is 14.5. The van der Waals surface area contributed by atoms with E-state index >= 15 is 0 Å². The summed E-state index contributed by atoms with van der Waals surface area (Å²) >= 11 is 1.02. The first-order valence-corrected chi connectivity index (χ1v) is 5.92. The zero-order valence-corrected chi connectivity index (χ0v) is 10.3. The standard InChI is InChI=1S/C10H10F3NO4S/c11-10(12,13)5-18-3-1-7(15)14-8-6(9(16)17)2-4-19-8/h2,4H,1,3,5H2,(H,14,15)(H,16,17). The van der Waals surface area contributed by atoms with Crippen LogP contribution in [0.15, 0.2) is 11.4 Å². The summed E-state index contributed by atoms with van der Waals surface area (Å²) in [6, 6.07) is 1.32. The largest absolute Gasteiger partial charge is 0.478 e. The van der Waals surface area contributed by atoms with Crippen molar-refractivity contribution < 1.29 is 32.6 Å². The summed E-state index contributed by atoms with van der Waals surface area (Å²) in [5, 5.41) is 12.7. The number of carboxylic acids is 1. The van der Waals surface area contributed by atoms with Gasteiger partial charge in [0.25, 0.3) is 0 Å². The van der Waals surface area contributed by atoms with Crippen LogP contribution in [0.3, 0.4) is 0 Å². The molecule has 19 heavy (non-hydrogen) atoms. The summed E-state index contributed by atoms with van der Waals surface area (Å²) in [5.74, 6) is -1.79. The van der Waals surface area contributed by atoms with Crippen LogP contribution in [0.2, 0.25) is 0 Å². The number of carbonyl (C=O) groups excluding carboxylic acids is 1. The van der Waals surface area contributed by atoms with Crippen molar-refractivity contribution in [2.75, 3.05) is 18.5 Å². The van der Waals surface area contributed by atoms with E-state index in [1.54, 1.807) is 0 Å². The number of hydrogen-bond donors (Lipinski definition) is 2. The van der Waals surface area contributed by atoms with Crippen molar-refractivity contribution in [3.8, 4) is 0 Å². The number of halogens is 3. The van der Waals surface area contributed by atoms with Gasteiger partial charge in [0, 0.05) is 0 Å². The number of ether oxygens (including phenoxy) is 1. The quantitative estimate of drug-likeness (QED) is 0.790. The molecule has 0 aliphatic carbocycles. The van der Waals surface area contributed by atoms with Gasteiger partial charge in [-0.05, 0) is 11.4 Å². The molecule has 1 amide bonds. The first-order chi connectivity index (χ1) is 8.79. The molecular weight excluding hydrogens is 287 g/mol. The van der Waals surface area contributed by atoms with Gasteiger partial charge < -0.3 is 15.2 Å². The zero-order valence-electron chi connectivity index (χ0n) is 9.49. The Labute approximate surface area is 110 Å². The smallest absolute Gasteiger partial charge is 0.411 e. The second kappa shape index (κ2) is 6.53. The van der Waals surface area contributed by atoms with Gasteiger partial charge in [-0.25, -0.2) is 4.79 Å².